The van der Waals surface area contributed by atoms with Crippen LogP contribution in [0.1, 0.15) is 22.7 Å². The van der Waals surface area contributed by atoms with Gasteiger partial charge in [0.15, 0.2) is 0 Å². The molecule has 102 valence electrons. The van der Waals surface area contributed by atoms with Gasteiger partial charge in [0.2, 0.25) is 0 Å². The van der Waals surface area contributed by atoms with Crippen LogP contribution in [0.25, 0.3) is 10.2 Å². The Kier molecular flexibility index (Phi) is 3.74. The molecule has 1 unspecified atom stereocenters. The van der Waals surface area contributed by atoms with Gasteiger partial charge in [-0.05, 0) is 53.6 Å². The Balaban J connectivity index is 1.86. The first-order valence-corrected chi connectivity index (χ1v) is 7.73. The zero-order valence-corrected chi connectivity index (χ0v) is 12.7. The number of fused-ring (bicyclic) bond motifs is 1. The third kappa shape index (κ3) is 2.70. The van der Waals surface area contributed by atoms with E-state index in [9.17, 15) is 0 Å². The van der Waals surface area contributed by atoms with Gasteiger partial charge in [0.05, 0.1) is 10.2 Å². The maximum absolute atomic E-state index is 6.30. The number of nitrogens with two attached hydrogens (primary N) is 1. The second-order valence-corrected chi connectivity index (χ2v) is 6.33. The van der Waals surface area contributed by atoms with Crippen molar-refractivity contribution < 1.29 is 0 Å². The van der Waals surface area contributed by atoms with Crippen LogP contribution in [0.2, 0.25) is 5.02 Å². The van der Waals surface area contributed by atoms with Crippen LogP contribution in [0.4, 0.5) is 0 Å². The van der Waals surface area contributed by atoms with Crippen LogP contribution in [0.5, 0.6) is 0 Å². The highest BCUT2D eigenvalue weighted by atomic mass is 35.5. The van der Waals surface area contributed by atoms with Crippen molar-refractivity contribution in [3.8, 4) is 0 Å². The summed E-state index contributed by atoms with van der Waals surface area (Å²) in [6.07, 6.45) is 2.58. The summed E-state index contributed by atoms with van der Waals surface area (Å²) in [6.45, 7) is 2.03. The molecule has 20 heavy (non-hydrogen) atoms. The third-order valence-electron chi connectivity index (χ3n) is 3.40. The number of pyridine rings is 1. The van der Waals surface area contributed by atoms with Gasteiger partial charge in [-0.1, -0.05) is 23.7 Å². The lowest BCUT2D eigenvalue weighted by Gasteiger charge is -2.13. The van der Waals surface area contributed by atoms with Gasteiger partial charge in [0, 0.05) is 17.3 Å². The summed E-state index contributed by atoms with van der Waals surface area (Å²) in [5.41, 5.74) is 10.6. The van der Waals surface area contributed by atoms with E-state index in [1.54, 1.807) is 11.3 Å². The zero-order chi connectivity index (χ0) is 14.1. The molecule has 0 aliphatic carbocycles. The van der Waals surface area contributed by atoms with E-state index in [1.165, 1.54) is 4.70 Å². The Morgan fingerprint density at radius 1 is 1.30 bits per heavy atom. The first kappa shape index (κ1) is 13.6. The maximum atomic E-state index is 6.30. The van der Waals surface area contributed by atoms with Gasteiger partial charge < -0.3 is 5.73 Å². The standard InChI is InChI=1S/C16H15ClN2S/c1-10-2-3-11(13(17)6-10)7-14(18)12-8-16-15(19-9-12)4-5-20-16/h2-6,8-9,14H,7,18H2,1H3. The molecule has 4 heteroatoms. The Morgan fingerprint density at radius 2 is 2.15 bits per heavy atom. The van der Waals surface area contributed by atoms with E-state index >= 15 is 0 Å². The minimum Gasteiger partial charge on any atom is -0.324 e. The summed E-state index contributed by atoms with van der Waals surface area (Å²) in [6, 6.07) is 10.1. The average molecular weight is 303 g/mol. The lowest BCUT2D eigenvalue weighted by atomic mass is 10.00. The lowest BCUT2D eigenvalue weighted by Crippen LogP contribution is -2.13. The molecule has 3 aromatic rings. The second kappa shape index (κ2) is 5.52. The molecular weight excluding hydrogens is 288 g/mol. The number of benzene rings is 1. The predicted molar refractivity (Wildman–Crippen MR) is 86.4 cm³/mol. The number of halogens is 1. The number of aryl methyl sites for hydroxylation is 1. The molecule has 2 nitrogen and oxygen atoms in total. The van der Waals surface area contributed by atoms with Crippen molar-refractivity contribution in [2.75, 3.05) is 0 Å². The van der Waals surface area contributed by atoms with E-state index < -0.39 is 0 Å². The normalized spacial score (nSPS) is 12.8. The van der Waals surface area contributed by atoms with Crippen molar-refractivity contribution in [3.63, 3.8) is 0 Å². The monoisotopic (exact) mass is 302 g/mol. The summed E-state index contributed by atoms with van der Waals surface area (Å²) in [4.78, 5) is 4.44. The highest BCUT2D eigenvalue weighted by Crippen LogP contribution is 2.26. The summed E-state index contributed by atoms with van der Waals surface area (Å²) in [7, 11) is 0. The smallest absolute Gasteiger partial charge is 0.0809 e. The van der Waals surface area contributed by atoms with Gasteiger partial charge >= 0.3 is 0 Å². The molecule has 0 spiro atoms. The largest absolute Gasteiger partial charge is 0.324 e. The van der Waals surface area contributed by atoms with Gasteiger partial charge in [-0.3, -0.25) is 4.98 Å². The van der Waals surface area contributed by atoms with E-state index in [-0.39, 0.29) is 6.04 Å². The Hall–Kier alpha value is -1.42. The maximum Gasteiger partial charge on any atom is 0.0809 e. The van der Waals surface area contributed by atoms with E-state index in [0.717, 1.165) is 33.7 Å². The fourth-order valence-electron chi connectivity index (χ4n) is 2.24. The summed E-state index contributed by atoms with van der Waals surface area (Å²) < 4.78 is 1.17. The van der Waals surface area contributed by atoms with Gasteiger partial charge in [0.25, 0.3) is 0 Å². The van der Waals surface area contributed by atoms with Crippen molar-refractivity contribution in [2.45, 2.75) is 19.4 Å². The molecule has 0 fully saturated rings. The molecule has 0 amide bonds. The molecule has 2 heterocycles. The van der Waals surface area contributed by atoms with Crippen LogP contribution < -0.4 is 5.73 Å². The van der Waals surface area contributed by atoms with Crippen LogP contribution >= 0.6 is 22.9 Å². The molecule has 2 aromatic heterocycles. The molecule has 0 saturated carbocycles. The predicted octanol–water partition coefficient (Wildman–Crippen LogP) is 4.50. The molecular formula is C16H15ClN2S. The number of thiophene rings is 1. The molecule has 0 aliphatic rings. The van der Waals surface area contributed by atoms with Gasteiger partial charge in [0.1, 0.15) is 0 Å². The first-order valence-electron chi connectivity index (χ1n) is 6.47. The van der Waals surface area contributed by atoms with Crippen LogP contribution in [0.15, 0.2) is 41.9 Å². The van der Waals surface area contributed by atoms with E-state index in [4.69, 9.17) is 17.3 Å². The van der Waals surface area contributed by atoms with E-state index in [1.807, 2.05) is 30.6 Å². The average Bonchev–Trinajstić information content (AvgIpc) is 2.89. The summed E-state index contributed by atoms with van der Waals surface area (Å²) >= 11 is 7.96. The fourth-order valence-corrected chi connectivity index (χ4v) is 3.34. The molecule has 2 N–H and O–H groups in total. The number of aromatic nitrogens is 1. The van der Waals surface area contributed by atoms with Crippen molar-refractivity contribution >= 4 is 33.2 Å². The molecule has 0 bridgehead atoms. The quantitative estimate of drug-likeness (QED) is 0.773. The summed E-state index contributed by atoms with van der Waals surface area (Å²) in [5.74, 6) is 0. The third-order valence-corrected chi connectivity index (χ3v) is 4.61. The lowest BCUT2D eigenvalue weighted by molar-refractivity contribution is 0.720. The van der Waals surface area contributed by atoms with Crippen LogP contribution in [0, 0.1) is 6.92 Å². The van der Waals surface area contributed by atoms with Gasteiger partial charge in [-0.2, -0.15) is 0 Å². The van der Waals surface area contributed by atoms with Crippen molar-refractivity contribution in [1.82, 2.24) is 4.98 Å². The highest BCUT2D eigenvalue weighted by molar-refractivity contribution is 7.17. The number of hydrogen-bond acceptors (Lipinski definition) is 3. The SMILES string of the molecule is Cc1ccc(CC(N)c2cnc3ccsc3c2)c(Cl)c1. The zero-order valence-electron chi connectivity index (χ0n) is 11.1. The number of rotatable bonds is 3. The minimum atomic E-state index is -0.0887. The van der Waals surface area contributed by atoms with Crippen LogP contribution in [-0.2, 0) is 6.42 Å². The minimum absolute atomic E-state index is 0.0887. The molecule has 0 radical (unpaired) electrons. The fraction of sp³-hybridized carbons (Fsp3) is 0.188. The van der Waals surface area contributed by atoms with Crippen molar-refractivity contribution in [1.29, 1.82) is 0 Å². The Morgan fingerprint density at radius 3 is 2.95 bits per heavy atom. The number of hydrogen-bond donors (Lipinski definition) is 1. The number of nitrogens with zero attached hydrogens (tertiary/aromatic N) is 1. The molecule has 1 atom stereocenters. The van der Waals surface area contributed by atoms with Crippen LogP contribution in [-0.4, -0.2) is 4.98 Å². The van der Waals surface area contributed by atoms with Crippen LogP contribution in [0.3, 0.4) is 0 Å². The van der Waals surface area contributed by atoms with Crippen molar-refractivity contribution in [3.05, 3.63) is 63.6 Å². The van der Waals surface area contributed by atoms with E-state index in [0.29, 0.717) is 0 Å². The van der Waals surface area contributed by atoms with Gasteiger partial charge in [-0.15, -0.1) is 11.3 Å². The molecule has 0 saturated heterocycles. The Bertz CT molecular complexity index is 751. The first-order chi connectivity index (χ1) is 9.63. The molecule has 1 aromatic carbocycles. The van der Waals surface area contributed by atoms with Gasteiger partial charge in [-0.25, -0.2) is 0 Å². The second-order valence-electron chi connectivity index (χ2n) is 4.98. The summed E-state index contributed by atoms with van der Waals surface area (Å²) in [5, 5.41) is 2.83. The van der Waals surface area contributed by atoms with E-state index in [2.05, 4.69) is 23.2 Å². The topological polar surface area (TPSA) is 38.9 Å². The van der Waals surface area contributed by atoms with Crippen molar-refractivity contribution in [2.24, 2.45) is 5.73 Å². The molecule has 3 rings (SSSR count). The molecule has 0 aliphatic heterocycles. The highest BCUT2D eigenvalue weighted by Gasteiger charge is 2.11. The Labute approximate surface area is 127 Å².